The Labute approximate surface area is 128 Å². The summed E-state index contributed by atoms with van der Waals surface area (Å²) in [6, 6.07) is 0. The zero-order valence-electron chi connectivity index (χ0n) is 13.4. The summed E-state index contributed by atoms with van der Waals surface area (Å²) in [6.45, 7) is 4.81. The van der Waals surface area contributed by atoms with Crippen LogP contribution in [0.25, 0.3) is 0 Å². The van der Waals surface area contributed by atoms with Crippen LogP contribution in [0, 0.1) is 0 Å². The van der Waals surface area contributed by atoms with E-state index >= 15 is 0 Å². The molecule has 22 heavy (non-hydrogen) atoms. The Balaban J connectivity index is 0.000000422. The molecule has 0 aliphatic carbocycles. The molecule has 0 radical (unpaired) electrons. The normalized spacial score (nSPS) is 24.7. The van der Waals surface area contributed by atoms with Crippen molar-refractivity contribution in [3.05, 3.63) is 0 Å². The van der Waals surface area contributed by atoms with Gasteiger partial charge in [0.1, 0.15) is 20.0 Å². The molecule has 0 N–H and O–H groups in total. The van der Waals surface area contributed by atoms with Gasteiger partial charge in [-0.25, -0.2) is 4.59 Å². The van der Waals surface area contributed by atoms with Crippen LogP contribution in [0.15, 0.2) is 0 Å². The van der Waals surface area contributed by atoms with E-state index in [-0.39, 0.29) is 0 Å². The Morgan fingerprint density at radius 2 is 1.23 bits per heavy atom. The number of nitrogens with zero attached hydrogens (tertiary/aromatic N) is 4. The Morgan fingerprint density at radius 1 is 0.818 bits per heavy atom. The number of hydroxylamine groups is 4. The van der Waals surface area contributed by atoms with Gasteiger partial charge >= 0.3 is 7.25 Å². The Bertz CT molecular complexity index is 314. The van der Waals surface area contributed by atoms with Gasteiger partial charge in [-0.1, -0.05) is 0 Å². The molecule has 2 aliphatic rings. The Morgan fingerprint density at radius 3 is 1.59 bits per heavy atom. The van der Waals surface area contributed by atoms with Crippen LogP contribution in [0.5, 0.6) is 0 Å². The van der Waals surface area contributed by atoms with E-state index in [1.807, 2.05) is 10.1 Å². The summed E-state index contributed by atoms with van der Waals surface area (Å²) in [5.41, 5.74) is 0. The molecule has 0 unspecified atom stereocenters. The zero-order valence-corrected chi connectivity index (χ0v) is 13.4. The van der Waals surface area contributed by atoms with Gasteiger partial charge < -0.3 is 17.3 Å². The van der Waals surface area contributed by atoms with Crippen LogP contribution in [0.2, 0.25) is 0 Å². The zero-order chi connectivity index (χ0) is 16.8. The van der Waals surface area contributed by atoms with Gasteiger partial charge in [-0.05, 0) is 19.3 Å². The van der Waals surface area contributed by atoms with Crippen LogP contribution in [0.3, 0.4) is 0 Å². The second-order valence-electron chi connectivity index (χ2n) is 5.60. The Kier molecular flexibility index (Phi) is 7.49. The van der Waals surface area contributed by atoms with Crippen LogP contribution in [-0.2, 0) is 9.68 Å². The van der Waals surface area contributed by atoms with Crippen molar-refractivity contribution in [3.63, 3.8) is 0 Å². The number of quaternary nitrogens is 1. The second kappa shape index (κ2) is 8.41. The maximum absolute atomic E-state index is 9.75. The molecule has 6 nitrogen and oxygen atoms in total. The summed E-state index contributed by atoms with van der Waals surface area (Å²) < 4.78 is 40.0. The van der Waals surface area contributed by atoms with E-state index in [9.17, 15) is 17.3 Å². The molecular formula is C11H25BF4N4O2. The molecule has 0 amide bonds. The fraction of sp³-hybridized carbons (Fsp3) is 1.00. The minimum atomic E-state index is -6.00. The standard InChI is InChI=1S/C11H25N4O2.BF4/c1-15(7-5-4-6-8-15)12-9-13(16-2)11-14(10-12)17-3;2-1(3,4)5/h4-11H2,1-3H3;/q+1;-1. The van der Waals surface area contributed by atoms with Crippen molar-refractivity contribution in [2.45, 2.75) is 19.3 Å². The first-order chi connectivity index (χ1) is 10.2. The number of hydrogen-bond acceptors (Lipinski definition) is 5. The molecule has 0 spiro atoms. The van der Waals surface area contributed by atoms with Crippen molar-refractivity contribution in [3.8, 4) is 0 Å². The third-order valence-corrected chi connectivity index (χ3v) is 3.94. The largest absolute Gasteiger partial charge is 0.673 e. The van der Waals surface area contributed by atoms with E-state index < -0.39 is 7.25 Å². The predicted octanol–water partition coefficient (Wildman–Crippen LogP) is 1.75. The van der Waals surface area contributed by atoms with Gasteiger partial charge in [0.25, 0.3) is 0 Å². The van der Waals surface area contributed by atoms with Gasteiger partial charge in [0.2, 0.25) is 0 Å². The highest BCUT2D eigenvalue weighted by Crippen LogP contribution is 2.22. The lowest BCUT2D eigenvalue weighted by molar-refractivity contribution is -1.03. The maximum atomic E-state index is 9.75. The first kappa shape index (κ1) is 19.6. The molecule has 0 atom stereocenters. The van der Waals surface area contributed by atoms with Crippen molar-refractivity contribution in [2.75, 3.05) is 54.4 Å². The SMILES string of the molecule is CON1CN(OC)CN([N+]2(C)CCCCC2)C1.F[B-](F)(F)F. The van der Waals surface area contributed by atoms with Crippen LogP contribution < -0.4 is 0 Å². The molecule has 0 bridgehead atoms. The summed E-state index contributed by atoms with van der Waals surface area (Å²) in [7, 11) is -0.257. The van der Waals surface area contributed by atoms with Gasteiger partial charge in [0, 0.05) is 0 Å². The predicted molar refractivity (Wildman–Crippen MR) is 74.1 cm³/mol. The molecule has 2 saturated heterocycles. The van der Waals surface area contributed by atoms with Gasteiger partial charge in [-0.15, -0.1) is 5.01 Å². The van der Waals surface area contributed by atoms with E-state index in [1.54, 1.807) is 14.2 Å². The lowest BCUT2D eigenvalue weighted by Crippen LogP contribution is -2.67. The van der Waals surface area contributed by atoms with Gasteiger partial charge in [0.05, 0.1) is 34.4 Å². The van der Waals surface area contributed by atoms with Crippen molar-refractivity contribution >= 4 is 7.25 Å². The van der Waals surface area contributed by atoms with Crippen molar-refractivity contribution < 1.29 is 31.5 Å². The van der Waals surface area contributed by atoms with Crippen molar-refractivity contribution in [1.29, 1.82) is 0 Å². The topological polar surface area (TPSA) is 28.2 Å². The van der Waals surface area contributed by atoms with Crippen LogP contribution in [0.4, 0.5) is 17.3 Å². The van der Waals surface area contributed by atoms with E-state index in [0.717, 1.165) is 17.9 Å². The summed E-state index contributed by atoms with van der Waals surface area (Å²) in [5, 5.41) is 6.26. The average molecular weight is 332 g/mol. The van der Waals surface area contributed by atoms with Crippen LogP contribution in [0.1, 0.15) is 19.3 Å². The first-order valence-corrected chi connectivity index (χ1v) is 7.23. The molecule has 0 aromatic rings. The van der Waals surface area contributed by atoms with E-state index in [4.69, 9.17) is 9.68 Å². The van der Waals surface area contributed by atoms with Gasteiger partial charge in [-0.3, -0.25) is 9.68 Å². The molecule has 2 rings (SSSR count). The van der Waals surface area contributed by atoms with Gasteiger partial charge in [-0.2, -0.15) is 10.1 Å². The second-order valence-corrected chi connectivity index (χ2v) is 5.60. The maximum Gasteiger partial charge on any atom is 0.673 e. The lowest BCUT2D eigenvalue weighted by Gasteiger charge is -2.50. The number of halogens is 4. The summed E-state index contributed by atoms with van der Waals surface area (Å²) in [4.78, 5) is 10.7. The fourth-order valence-electron chi connectivity index (χ4n) is 2.69. The minimum absolute atomic E-state index is 0.698. The highest BCUT2D eigenvalue weighted by atomic mass is 19.5. The van der Waals surface area contributed by atoms with E-state index in [1.165, 1.54) is 32.4 Å². The third-order valence-electron chi connectivity index (χ3n) is 3.94. The smallest absolute Gasteiger partial charge is 0.418 e. The van der Waals surface area contributed by atoms with Gasteiger partial charge in [0.15, 0.2) is 0 Å². The molecular weight excluding hydrogens is 307 g/mol. The summed E-state index contributed by atoms with van der Waals surface area (Å²) in [5.74, 6) is 0. The van der Waals surface area contributed by atoms with E-state index in [2.05, 4.69) is 12.1 Å². The monoisotopic (exact) mass is 332 g/mol. The van der Waals surface area contributed by atoms with Crippen LogP contribution in [-0.4, -0.2) is 81.3 Å². The van der Waals surface area contributed by atoms with Crippen molar-refractivity contribution in [2.24, 2.45) is 0 Å². The van der Waals surface area contributed by atoms with Crippen molar-refractivity contribution in [1.82, 2.24) is 15.1 Å². The number of hydrogen-bond donors (Lipinski definition) is 0. The number of piperidine rings is 1. The highest BCUT2D eigenvalue weighted by molar-refractivity contribution is 6.50. The molecule has 132 valence electrons. The summed E-state index contributed by atoms with van der Waals surface area (Å²) in [6.07, 6.45) is 3.99. The van der Waals surface area contributed by atoms with Crippen LogP contribution >= 0.6 is 0 Å². The fourth-order valence-corrected chi connectivity index (χ4v) is 2.69. The molecule has 2 heterocycles. The third kappa shape index (κ3) is 6.76. The average Bonchev–Trinajstić information content (AvgIpc) is 2.45. The molecule has 2 aliphatic heterocycles. The first-order valence-electron chi connectivity index (χ1n) is 7.23. The minimum Gasteiger partial charge on any atom is -0.418 e. The molecule has 0 aromatic carbocycles. The molecule has 0 aromatic heterocycles. The molecule has 11 heteroatoms. The summed E-state index contributed by atoms with van der Waals surface area (Å²) >= 11 is 0. The Hall–Kier alpha value is -0.455. The van der Waals surface area contributed by atoms with E-state index in [0.29, 0.717) is 6.67 Å². The molecule has 2 fully saturated rings. The number of likely N-dealkylation sites (tertiary alicyclic amines) is 1. The highest BCUT2D eigenvalue weighted by Gasteiger charge is 2.38. The molecule has 0 saturated carbocycles. The quantitative estimate of drug-likeness (QED) is 0.446. The lowest BCUT2D eigenvalue weighted by atomic mass is 10.1. The number of rotatable bonds is 3.